The fourth-order valence-electron chi connectivity index (χ4n) is 1.19. The minimum Gasteiger partial charge on any atom is -0.394 e. The van der Waals surface area contributed by atoms with Crippen molar-refractivity contribution in [1.29, 1.82) is 0 Å². The van der Waals surface area contributed by atoms with Crippen molar-refractivity contribution in [2.24, 2.45) is 0 Å². The van der Waals surface area contributed by atoms with E-state index in [1.54, 1.807) is 0 Å². The van der Waals surface area contributed by atoms with Crippen molar-refractivity contribution in [3.05, 3.63) is 0 Å². The molecule has 0 aliphatic heterocycles. The molecule has 0 heterocycles. The Bertz CT molecular complexity index is 324. The van der Waals surface area contributed by atoms with Gasteiger partial charge in [0, 0.05) is 0 Å². The number of hydrogen-bond donors (Lipinski definition) is 9. The third kappa shape index (κ3) is 9.00. The molecular weight excluding hydrogens is 320 g/mol. The van der Waals surface area contributed by atoms with Gasteiger partial charge in [0.1, 0.15) is 42.7 Å². The lowest BCUT2D eigenvalue weighted by Crippen LogP contribution is -2.46. The summed E-state index contributed by atoms with van der Waals surface area (Å²) in [6, 6.07) is 0. The van der Waals surface area contributed by atoms with Gasteiger partial charge in [0.15, 0.2) is 12.6 Å². The lowest BCUT2D eigenvalue weighted by atomic mass is 10.0. The number of aliphatic hydroxyl groups excluding tert-OH is 9. The van der Waals surface area contributed by atoms with E-state index in [9.17, 15) is 9.59 Å². The summed E-state index contributed by atoms with van der Waals surface area (Å²) in [5, 5.41) is 78.6. The van der Waals surface area contributed by atoms with Crippen molar-refractivity contribution in [3.8, 4) is 0 Å². The van der Waals surface area contributed by atoms with Crippen LogP contribution in [-0.4, -0.2) is 114 Å². The van der Waals surface area contributed by atoms with Crippen LogP contribution in [0.2, 0.25) is 0 Å². The molecule has 0 unspecified atom stereocenters. The van der Waals surface area contributed by atoms with Crippen LogP contribution in [0.15, 0.2) is 0 Å². The molecule has 0 aliphatic rings. The number of hydrogen-bond acceptors (Lipinski definition) is 11. The Balaban J connectivity index is 0. The molecule has 0 rings (SSSR count). The first-order valence-electron chi connectivity index (χ1n) is 6.51. The Morgan fingerprint density at radius 1 is 0.696 bits per heavy atom. The molecule has 11 heteroatoms. The Hall–Kier alpha value is -1.02. The molecular formula is C12H24O11. The van der Waals surface area contributed by atoms with E-state index in [2.05, 4.69) is 0 Å². The van der Waals surface area contributed by atoms with E-state index in [1.165, 1.54) is 6.92 Å². The maximum Gasteiger partial charge on any atom is 0.151 e. The molecule has 0 saturated carbocycles. The molecule has 11 nitrogen and oxygen atoms in total. The fourth-order valence-corrected chi connectivity index (χ4v) is 1.19. The largest absolute Gasteiger partial charge is 0.394 e. The monoisotopic (exact) mass is 344 g/mol. The maximum absolute atomic E-state index is 9.90. The number of carbonyl (C=O) groups excluding carboxylic acids is 2. The molecule has 0 aromatic heterocycles. The van der Waals surface area contributed by atoms with Gasteiger partial charge in [-0.15, -0.1) is 0 Å². The predicted octanol–water partition coefficient (Wildman–Crippen LogP) is -5.73. The van der Waals surface area contributed by atoms with Gasteiger partial charge in [0.2, 0.25) is 0 Å². The number of carbonyl (C=O) groups is 2. The van der Waals surface area contributed by atoms with Gasteiger partial charge in [-0.1, -0.05) is 0 Å². The second kappa shape index (κ2) is 12.4. The van der Waals surface area contributed by atoms with Crippen LogP contribution in [0.5, 0.6) is 0 Å². The Morgan fingerprint density at radius 3 is 1.30 bits per heavy atom. The molecule has 0 radical (unpaired) electrons. The van der Waals surface area contributed by atoms with Gasteiger partial charge in [0.05, 0.1) is 12.7 Å². The van der Waals surface area contributed by atoms with E-state index in [-0.39, 0.29) is 12.6 Å². The molecule has 0 amide bonds. The Labute approximate surface area is 131 Å². The summed E-state index contributed by atoms with van der Waals surface area (Å²) in [7, 11) is 0. The van der Waals surface area contributed by atoms with E-state index in [1.807, 2.05) is 0 Å². The van der Waals surface area contributed by atoms with Gasteiger partial charge in [-0.25, -0.2) is 0 Å². The normalized spacial score (nSPS) is 21.5. The zero-order chi connectivity index (χ0) is 18.7. The summed E-state index contributed by atoms with van der Waals surface area (Å²) >= 11 is 0. The SMILES string of the molecule is C[C@H](O)[C@H](O)[C@@H](O)[C@@H](O)C=O.O=C[C@H](O)[C@@H](O)[C@@H](O)[C@H](O)CO. The van der Waals surface area contributed by atoms with Crippen molar-refractivity contribution in [1.82, 2.24) is 0 Å². The second-order valence-corrected chi connectivity index (χ2v) is 4.71. The van der Waals surface area contributed by atoms with Crippen molar-refractivity contribution >= 4 is 12.6 Å². The highest BCUT2D eigenvalue weighted by Crippen LogP contribution is 2.03. The lowest BCUT2D eigenvalue weighted by molar-refractivity contribution is -0.136. The van der Waals surface area contributed by atoms with Crippen LogP contribution in [0.3, 0.4) is 0 Å². The highest BCUT2D eigenvalue weighted by Gasteiger charge is 2.29. The smallest absolute Gasteiger partial charge is 0.151 e. The average molecular weight is 344 g/mol. The fraction of sp³-hybridized carbons (Fsp3) is 0.833. The molecule has 23 heavy (non-hydrogen) atoms. The summed E-state index contributed by atoms with van der Waals surface area (Å²) in [6.45, 7) is 0.481. The summed E-state index contributed by atoms with van der Waals surface area (Å²) < 4.78 is 0. The van der Waals surface area contributed by atoms with Crippen molar-refractivity contribution < 1.29 is 55.5 Å². The zero-order valence-corrected chi connectivity index (χ0v) is 12.3. The molecule has 138 valence electrons. The molecule has 0 saturated heterocycles. The van der Waals surface area contributed by atoms with Crippen LogP contribution in [0.4, 0.5) is 0 Å². The second-order valence-electron chi connectivity index (χ2n) is 4.71. The highest BCUT2D eigenvalue weighted by atomic mass is 16.4. The molecule has 0 fully saturated rings. The summed E-state index contributed by atoms with van der Waals surface area (Å²) in [6.07, 6.45) is -12.7. The van der Waals surface area contributed by atoms with Gasteiger partial charge in [-0.05, 0) is 6.92 Å². The van der Waals surface area contributed by atoms with E-state index >= 15 is 0 Å². The van der Waals surface area contributed by atoms with E-state index in [0.717, 1.165) is 0 Å². The first-order chi connectivity index (χ1) is 10.5. The van der Waals surface area contributed by atoms with E-state index < -0.39 is 55.4 Å². The Kier molecular flexibility index (Phi) is 13.1. The van der Waals surface area contributed by atoms with Gasteiger partial charge in [-0.2, -0.15) is 0 Å². The van der Waals surface area contributed by atoms with Crippen LogP contribution in [0.25, 0.3) is 0 Å². The summed E-state index contributed by atoms with van der Waals surface area (Å²) in [5.74, 6) is 0. The third-order valence-corrected chi connectivity index (χ3v) is 2.75. The minimum atomic E-state index is -1.79. The Morgan fingerprint density at radius 2 is 1.04 bits per heavy atom. The van der Waals surface area contributed by atoms with Gasteiger partial charge < -0.3 is 55.5 Å². The summed E-state index contributed by atoms with van der Waals surface area (Å²) in [4.78, 5) is 19.8. The lowest BCUT2D eigenvalue weighted by Gasteiger charge is -2.22. The van der Waals surface area contributed by atoms with Crippen LogP contribution in [-0.2, 0) is 9.59 Å². The van der Waals surface area contributed by atoms with E-state index in [4.69, 9.17) is 46.0 Å². The van der Waals surface area contributed by atoms with Gasteiger partial charge >= 0.3 is 0 Å². The average Bonchev–Trinajstić information content (AvgIpc) is 2.56. The van der Waals surface area contributed by atoms with Crippen LogP contribution < -0.4 is 0 Å². The molecule has 8 atom stereocenters. The summed E-state index contributed by atoms with van der Waals surface area (Å²) in [5.41, 5.74) is 0. The highest BCUT2D eigenvalue weighted by molar-refractivity contribution is 5.57. The number of aldehydes is 2. The predicted molar refractivity (Wildman–Crippen MR) is 72.9 cm³/mol. The van der Waals surface area contributed by atoms with E-state index in [0.29, 0.717) is 0 Å². The molecule has 9 N–H and O–H groups in total. The maximum atomic E-state index is 9.90. The molecule has 0 bridgehead atoms. The minimum absolute atomic E-state index is 0.0258. The third-order valence-electron chi connectivity index (χ3n) is 2.75. The first-order valence-corrected chi connectivity index (χ1v) is 6.51. The van der Waals surface area contributed by atoms with Crippen LogP contribution in [0, 0.1) is 0 Å². The first kappa shape index (κ1) is 24.2. The van der Waals surface area contributed by atoms with Crippen molar-refractivity contribution in [2.75, 3.05) is 6.61 Å². The van der Waals surface area contributed by atoms with Crippen LogP contribution in [0.1, 0.15) is 6.92 Å². The molecule has 0 aromatic rings. The van der Waals surface area contributed by atoms with Crippen molar-refractivity contribution in [3.63, 3.8) is 0 Å². The standard InChI is InChI=1S/C6H12O6.C6H12O5/c7-1-3(9)5(11)6(12)4(10)2-8;1-3(8)5(10)6(11)4(9)2-7/h1,3-6,8-12H,2H2;2-6,8-11H,1H3/t3-,4+,5+,6-;3-,4-,5-,6-/m00/s1. The molecule has 0 spiro atoms. The van der Waals surface area contributed by atoms with Gasteiger partial charge in [0.25, 0.3) is 0 Å². The number of rotatable bonds is 9. The zero-order valence-electron chi connectivity index (χ0n) is 12.3. The topological polar surface area (TPSA) is 216 Å². The van der Waals surface area contributed by atoms with Crippen LogP contribution >= 0.6 is 0 Å². The molecule has 0 aromatic carbocycles. The number of aliphatic hydroxyl groups is 9. The molecule has 0 aliphatic carbocycles. The van der Waals surface area contributed by atoms with Gasteiger partial charge in [-0.3, -0.25) is 0 Å². The van der Waals surface area contributed by atoms with Crippen molar-refractivity contribution in [2.45, 2.75) is 55.8 Å². The quantitative estimate of drug-likeness (QED) is 0.179.